The molecule has 11 heteroatoms. The Morgan fingerprint density at radius 1 is 1.35 bits per heavy atom. The lowest BCUT2D eigenvalue weighted by molar-refractivity contribution is 0.602. The van der Waals surface area contributed by atoms with Gasteiger partial charge in [0.2, 0.25) is 0 Å². The van der Waals surface area contributed by atoms with Crippen molar-refractivity contribution in [3.05, 3.63) is 22.7 Å². The van der Waals surface area contributed by atoms with E-state index in [0.717, 1.165) is 27.5 Å². The van der Waals surface area contributed by atoms with Gasteiger partial charge in [0.05, 0.1) is 16.1 Å². The molecule has 0 spiro atoms. The number of thiazole rings is 1. The largest absolute Gasteiger partial charge is 0.276 e. The van der Waals surface area contributed by atoms with Crippen LogP contribution in [-0.2, 0) is 10.0 Å². The number of tetrazole rings is 1. The summed E-state index contributed by atoms with van der Waals surface area (Å²) in [4.78, 5) is 5.11. The highest BCUT2D eigenvalue weighted by Gasteiger charge is 2.20. The fourth-order valence-corrected chi connectivity index (χ4v) is 4.51. The molecule has 0 unspecified atom stereocenters. The number of hydrogen-bond donors (Lipinski definition) is 2. The van der Waals surface area contributed by atoms with Crippen LogP contribution in [0.4, 0.5) is 5.95 Å². The van der Waals surface area contributed by atoms with Crippen LogP contribution in [0.2, 0.25) is 0 Å². The molecular weight excluding hydrogens is 320 g/mol. The number of nitrogens with zero attached hydrogens (tertiary/aromatic N) is 4. The Hall–Kier alpha value is -1.85. The number of aromatic nitrogens is 5. The number of nitrogens with one attached hydrogen (secondary N) is 2. The first-order valence-electron chi connectivity index (χ1n) is 5.31. The normalized spacial score (nSPS) is 11.7. The maximum Gasteiger partial charge on any atom is 0.276 e. The second kappa shape index (κ2) is 4.92. The average Bonchev–Trinajstić information content (AvgIpc) is 3.07. The van der Waals surface area contributed by atoms with Crippen LogP contribution in [-0.4, -0.2) is 34.0 Å². The van der Waals surface area contributed by atoms with Crippen molar-refractivity contribution >= 4 is 38.6 Å². The second-order valence-corrected chi connectivity index (χ2v) is 7.44. The molecule has 104 valence electrons. The fourth-order valence-electron chi connectivity index (χ4n) is 1.53. The van der Waals surface area contributed by atoms with Crippen LogP contribution in [0.3, 0.4) is 0 Å². The van der Waals surface area contributed by atoms with Crippen LogP contribution < -0.4 is 4.72 Å². The minimum Gasteiger partial charge on any atom is -0.249 e. The number of H-pyrrole nitrogens is 1. The summed E-state index contributed by atoms with van der Waals surface area (Å²) >= 11 is 2.60. The van der Waals surface area contributed by atoms with Crippen LogP contribution >= 0.6 is 22.7 Å². The molecule has 0 radical (unpaired) electrons. The second-order valence-electron chi connectivity index (χ2n) is 3.76. The van der Waals surface area contributed by atoms with Crippen molar-refractivity contribution in [3.8, 4) is 10.4 Å². The predicted octanol–water partition coefficient (Wildman–Crippen LogP) is 1.49. The molecule has 0 amide bonds. The molecule has 0 aliphatic carbocycles. The molecule has 3 aromatic heterocycles. The van der Waals surface area contributed by atoms with E-state index in [2.05, 4.69) is 30.3 Å². The minimum atomic E-state index is -3.70. The summed E-state index contributed by atoms with van der Waals surface area (Å²) < 4.78 is 26.7. The summed E-state index contributed by atoms with van der Waals surface area (Å²) in [7, 11) is -3.70. The van der Waals surface area contributed by atoms with E-state index in [1.54, 1.807) is 17.0 Å². The number of sulfonamides is 1. The Morgan fingerprint density at radius 2 is 2.20 bits per heavy atom. The fraction of sp³-hybridized carbons (Fsp3) is 0.111. The lowest BCUT2D eigenvalue weighted by atomic mass is 10.2. The number of thiophene rings is 1. The van der Waals surface area contributed by atoms with Crippen LogP contribution in [0.1, 0.15) is 5.69 Å². The number of anilines is 1. The van der Waals surface area contributed by atoms with Crippen molar-refractivity contribution in [2.45, 2.75) is 11.1 Å². The van der Waals surface area contributed by atoms with E-state index in [1.165, 1.54) is 11.3 Å². The van der Waals surface area contributed by atoms with Gasteiger partial charge in [0.15, 0.2) is 0 Å². The van der Waals surface area contributed by atoms with Gasteiger partial charge in [-0.1, -0.05) is 5.10 Å². The zero-order chi connectivity index (χ0) is 14.2. The van der Waals surface area contributed by atoms with Crippen LogP contribution in [0.25, 0.3) is 10.4 Å². The summed E-state index contributed by atoms with van der Waals surface area (Å²) in [6.07, 6.45) is 0. The third-order valence-corrected chi connectivity index (χ3v) is 6.16. The van der Waals surface area contributed by atoms with E-state index in [4.69, 9.17) is 0 Å². The first kappa shape index (κ1) is 13.1. The molecule has 0 aliphatic heterocycles. The van der Waals surface area contributed by atoms with Crippen molar-refractivity contribution < 1.29 is 8.42 Å². The van der Waals surface area contributed by atoms with Gasteiger partial charge in [-0.05, 0) is 18.2 Å². The first-order valence-corrected chi connectivity index (χ1v) is 8.56. The van der Waals surface area contributed by atoms with E-state index in [-0.39, 0.29) is 10.2 Å². The van der Waals surface area contributed by atoms with Gasteiger partial charge in [-0.3, -0.25) is 0 Å². The Bertz CT molecular complexity index is 820. The van der Waals surface area contributed by atoms with Crippen molar-refractivity contribution in [3.63, 3.8) is 0 Å². The molecule has 0 fully saturated rings. The molecule has 20 heavy (non-hydrogen) atoms. The van der Waals surface area contributed by atoms with Gasteiger partial charge in [0.25, 0.3) is 16.0 Å². The van der Waals surface area contributed by atoms with Crippen molar-refractivity contribution in [1.82, 2.24) is 25.6 Å². The van der Waals surface area contributed by atoms with Crippen LogP contribution in [0.15, 0.2) is 21.2 Å². The molecule has 2 N–H and O–H groups in total. The molecule has 0 atom stereocenters. The van der Waals surface area contributed by atoms with E-state index in [1.807, 2.05) is 6.92 Å². The summed E-state index contributed by atoms with van der Waals surface area (Å²) in [5, 5.41) is 14.4. The molecule has 0 saturated carbocycles. The number of aryl methyl sites for hydroxylation is 1. The highest BCUT2D eigenvalue weighted by atomic mass is 32.2. The van der Waals surface area contributed by atoms with Gasteiger partial charge < -0.3 is 0 Å². The third kappa shape index (κ3) is 2.42. The topological polar surface area (TPSA) is 114 Å². The zero-order valence-electron chi connectivity index (χ0n) is 10.1. The average molecular weight is 328 g/mol. The molecule has 0 bridgehead atoms. The summed E-state index contributed by atoms with van der Waals surface area (Å²) in [6.45, 7) is 1.88. The van der Waals surface area contributed by atoms with E-state index in [0.29, 0.717) is 0 Å². The van der Waals surface area contributed by atoms with Gasteiger partial charge in [-0.15, -0.1) is 27.8 Å². The summed E-state index contributed by atoms with van der Waals surface area (Å²) in [6, 6.07) is 1.60. The molecule has 3 rings (SSSR count). The quantitative estimate of drug-likeness (QED) is 0.750. The van der Waals surface area contributed by atoms with Crippen molar-refractivity contribution in [2.24, 2.45) is 0 Å². The van der Waals surface area contributed by atoms with Crippen molar-refractivity contribution in [2.75, 3.05) is 4.72 Å². The molecule has 0 saturated heterocycles. The Balaban J connectivity index is 1.92. The maximum atomic E-state index is 12.1. The van der Waals surface area contributed by atoms with Crippen molar-refractivity contribution in [1.29, 1.82) is 0 Å². The SMILES string of the molecule is Cc1ncsc1-c1csc(S(=O)(=O)Nc2nn[nH]n2)c1. The number of rotatable bonds is 4. The smallest absolute Gasteiger partial charge is 0.249 e. The monoisotopic (exact) mass is 328 g/mol. The maximum absolute atomic E-state index is 12.1. The highest BCUT2D eigenvalue weighted by molar-refractivity contribution is 7.94. The number of aromatic amines is 1. The molecule has 3 heterocycles. The lowest BCUT2D eigenvalue weighted by Crippen LogP contribution is -2.12. The summed E-state index contributed by atoms with van der Waals surface area (Å²) in [5.41, 5.74) is 3.44. The summed E-state index contributed by atoms with van der Waals surface area (Å²) in [5.74, 6) is -0.0890. The van der Waals surface area contributed by atoms with Crippen LogP contribution in [0, 0.1) is 6.92 Å². The highest BCUT2D eigenvalue weighted by Crippen LogP contribution is 2.33. The van der Waals surface area contributed by atoms with Gasteiger partial charge in [-0.25, -0.2) is 18.1 Å². The van der Waals surface area contributed by atoms with Gasteiger partial charge in [0.1, 0.15) is 4.21 Å². The molecule has 8 nitrogen and oxygen atoms in total. The first-order chi connectivity index (χ1) is 9.56. The molecule has 3 aromatic rings. The van der Waals surface area contributed by atoms with Gasteiger partial charge in [-0.2, -0.15) is 5.21 Å². The Labute approximate surface area is 121 Å². The van der Waals surface area contributed by atoms with Gasteiger partial charge >= 0.3 is 0 Å². The number of hydrogen-bond acceptors (Lipinski definition) is 8. The van der Waals surface area contributed by atoms with Crippen LogP contribution in [0.5, 0.6) is 0 Å². The van der Waals surface area contributed by atoms with E-state index in [9.17, 15) is 8.42 Å². The standard InChI is InChI=1S/C9H8N6O2S3/c1-5-8(19-4-10-5)6-2-7(18-3-6)20(16,17)13-9-11-14-15-12-9/h2-4H,1H3,(H2,11,12,13,14,15). The lowest BCUT2D eigenvalue weighted by Gasteiger charge is -1.99. The minimum absolute atomic E-state index is 0.0890. The van der Waals surface area contributed by atoms with E-state index < -0.39 is 10.0 Å². The predicted molar refractivity (Wildman–Crippen MR) is 75.2 cm³/mol. The van der Waals surface area contributed by atoms with Gasteiger partial charge in [0, 0.05) is 10.9 Å². The molecule has 0 aromatic carbocycles. The Kier molecular flexibility index (Phi) is 3.23. The molecule has 0 aliphatic rings. The van der Waals surface area contributed by atoms with E-state index >= 15 is 0 Å². The Morgan fingerprint density at radius 3 is 2.85 bits per heavy atom. The molecular formula is C9H8N6O2S3. The third-order valence-electron chi connectivity index (χ3n) is 2.42. The zero-order valence-corrected chi connectivity index (χ0v) is 12.5.